The Hall–Kier alpha value is -2.76. The van der Waals surface area contributed by atoms with Gasteiger partial charge in [-0.05, 0) is 25.0 Å². The van der Waals surface area contributed by atoms with E-state index in [0.29, 0.717) is 5.92 Å². The second kappa shape index (κ2) is 3.88. The van der Waals surface area contributed by atoms with E-state index in [2.05, 4.69) is 25.0 Å². The first kappa shape index (κ1) is 11.0. The van der Waals surface area contributed by atoms with Crippen molar-refractivity contribution in [1.82, 2.24) is 29.5 Å². The largest absolute Gasteiger partial charge is 0.345 e. The molecule has 0 unspecified atom stereocenters. The standard InChI is InChI=1S/C15H12N6/c1-2-9(1)14-16-6-12-11(5-17-15(12)20-14)10-3-4-13-18-8-19-21(13)7-10/h3-9H,1-2H2,(H,16,17,20). The van der Waals surface area contributed by atoms with Gasteiger partial charge in [0.1, 0.15) is 17.8 Å². The highest BCUT2D eigenvalue weighted by atomic mass is 15.3. The number of nitrogens with zero attached hydrogens (tertiary/aromatic N) is 5. The zero-order chi connectivity index (χ0) is 13.8. The van der Waals surface area contributed by atoms with Crippen LogP contribution in [-0.2, 0) is 0 Å². The molecule has 4 aromatic rings. The lowest BCUT2D eigenvalue weighted by Crippen LogP contribution is -1.92. The summed E-state index contributed by atoms with van der Waals surface area (Å²) in [5, 5.41) is 5.22. The molecule has 6 heteroatoms. The van der Waals surface area contributed by atoms with Gasteiger partial charge in [-0.2, -0.15) is 5.10 Å². The lowest BCUT2D eigenvalue weighted by atomic mass is 10.1. The summed E-state index contributed by atoms with van der Waals surface area (Å²) in [6.07, 6.45) is 9.85. The van der Waals surface area contributed by atoms with Crippen LogP contribution >= 0.6 is 0 Å². The van der Waals surface area contributed by atoms with Gasteiger partial charge in [-0.1, -0.05) is 0 Å². The van der Waals surface area contributed by atoms with E-state index in [0.717, 1.165) is 33.6 Å². The molecule has 4 aromatic heterocycles. The average molecular weight is 276 g/mol. The number of nitrogens with one attached hydrogen (secondary N) is 1. The zero-order valence-corrected chi connectivity index (χ0v) is 11.2. The van der Waals surface area contributed by atoms with Gasteiger partial charge >= 0.3 is 0 Å². The number of hydrogen-bond donors (Lipinski definition) is 1. The molecule has 0 atom stereocenters. The van der Waals surface area contributed by atoms with Crippen LogP contribution < -0.4 is 0 Å². The van der Waals surface area contributed by atoms with Gasteiger partial charge in [-0.25, -0.2) is 19.5 Å². The van der Waals surface area contributed by atoms with Crippen LogP contribution in [0.25, 0.3) is 27.8 Å². The second-order valence-electron chi connectivity index (χ2n) is 5.45. The van der Waals surface area contributed by atoms with Gasteiger partial charge in [0.2, 0.25) is 0 Å². The molecule has 0 bridgehead atoms. The molecular formula is C15H12N6. The number of H-pyrrole nitrogens is 1. The molecule has 4 heterocycles. The number of aromatic amines is 1. The maximum Gasteiger partial charge on any atom is 0.155 e. The Balaban J connectivity index is 1.68. The summed E-state index contributed by atoms with van der Waals surface area (Å²) in [6, 6.07) is 4.00. The summed E-state index contributed by atoms with van der Waals surface area (Å²) in [5.41, 5.74) is 3.90. The SMILES string of the molecule is c1nc2ccc(-c3c[nH]c4nc(C5CC5)ncc34)cn2n1. The normalized spacial score (nSPS) is 15.0. The van der Waals surface area contributed by atoms with E-state index >= 15 is 0 Å². The van der Waals surface area contributed by atoms with Crippen molar-refractivity contribution in [3.8, 4) is 11.1 Å². The first-order valence-electron chi connectivity index (χ1n) is 7.02. The van der Waals surface area contributed by atoms with Crippen LogP contribution in [0.15, 0.2) is 37.1 Å². The summed E-state index contributed by atoms with van der Waals surface area (Å²) >= 11 is 0. The number of fused-ring (bicyclic) bond motifs is 2. The first-order chi connectivity index (χ1) is 10.4. The molecule has 102 valence electrons. The fourth-order valence-electron chi connectivity index (χ4n) is 2.67. The van der Waals surface area contributed by atoms with Crippen LogP contribution in [0.4, 0.5) is 0 Å². The minimum absolute atomic E-state index is 0.563. The Bertz CT molecular complexity index is 963. The molecule has 1 fully saturated rings. The van der Waals surface area contributed by atoms with Crippen LogP contribution in [0.1, 0.15) is 24.6 Å². The molecule has 0 radical (unpaired) electrons. The Morgan fingerprint density at radius 3 is 3.05 bits per heavy atom. The summed E-state index contributed by atoms with van der Waals surface area (Å²) in [4.78, 5) is 16.6. The van der Waals surface area contributed by atoms with E-state index in [1.807, 2.05) is 30.7 Å². The van der Waals surface area contributed by atoms with Crippen molar-refractivity contribution in [3.63, 3.8) is 0 Å². The number of rotatable bonds is 2. The van der Waals surface area contributed by atoms with E-state index < -0.39 is 0 Å². The Morgan fingerprint density at radius 1 is 1.19 bits per heavy atom. The van der Waals surface area contributed by atoms with Crippen molar-refractivity contribution in [3.05, 3.63) is 42.9 Å². The highest BCUT2D eigenvalue weighted by molar-refractivity contribution is 5.93. The summed E-state index contributed by atoms with van der Waals surface area (Å²) < 4.78 is 1.77. The molecule has 0 amide bonds. The van der Waals surface area contributed by atoms with Crippen molar-refractivity contribution >= 4 is 16.7 Å². The van der Waals surface area contributed by atoms with Gasteiger partial charge in [-0.15, -0.1) is 0 Å². The van der Waals surface area contributed by atoms with E-state index in [4.69, 9.17) is 0 Å². The molecule has 1 saturated carbocycles. The molecule has 1 N–H and O–H groups in total. The Kier molecular flexibility index (Phi) is 2.02. The quantitative estimate of drug-likeness (QED) is 0.610. The van der Waals surface area contributed by atoms with E-state index in [-0.39, 0.29) is 0 Å². The molecule has 5 rings (SSSR count). The lowest BCUT2D eigenvalue weighted by Gasteiger charge is -2.01. The predicted molar refractivity (Wildman–Crippen MR) is 77.8 cm³/mol. The van der Waals surface area contributed by atoms with Crippen LogP contribution in [-0.4, -0.2) is 29.5 Å². The monoisotopic (exact) mass is 276 g/mol. The zero-order valence-electron chi connectivity index (χ0n) is 11.2. The van der Waals surface area contributed by atoms with Crippen LogP contribution in [0.2, 0.25) is 0 Å². The van der Waals surface area contributed by atoms with Gasteiger partial charge in [0.05, 0.1) is 0 Å². The number of aromatic nitrogens is 6. The highest BCUT2D eigenvalue weighted by Gasteiger charge is 2.26. The van der Waals surface area contributed by atoms with Crippen molar-refractivity contribution in [2.24, 2.45) is 0 Å². The van der Waals surface area contributed by atoms with Gasteiger partial charge < -0.3 is 4.98 Å². The smallest absolute Gasteiger partial charge is 0.155 e. The van der Waals surface area contributed by atoms with Crippen molar-refractivity contribution in [1.29, 1.82) is 0 Å². The maximum absolute atomic E-state index is 4.63. The summed E-state index contributed by atoms with van der Waals surface area (Å²) in [6.45, 7) is 0. The number of pyridine rings is 1. The topological polar surface area (TPSA) is 71.8 Å². The van der Waals surface area contributed by atoms with Crippen LogP contribution in [0.3, 0.4) is 0 Å². The van der Waals surface area contributed by atoms with E-state index in [1.165, 1.54) is 12.8 Å². The Morgan fingerprint density at radius 2 is 2.14 bits per heavy atom. The van der Waals surface area contributed by atoms with E-state index in [1.54, 1.807) is 10.8 Å². The molecule has 0 aromatic carbocycles. The van der Waals surface area contributed by atoms with Gasteiger partial charge in [0.15, 0.2) is 5.65 Å². The van der Waals surface area contributed by atoms with Crippen LogP contribution in [0, 0.1) is 0 Å². The third-order valence-corrected chi connectivity index (χ3v) is 3.98. The third-order valence-electron chi connectivity index (χ3n) is 3.98. The second-order valence-corrected chi connectivity index (χ2v) is 5.45. The summed E-state index contributed by atoms with van der Waals surface area (Å²) in [5.74, 6) is 1.52. The number of hydrogen-bond acceptors (Lipinski definition) is 4. The molecule has 0 saturated heterocycles. The van der Waals surface area contributed by atoms with E-state index in [9.17, 15) is 0 Å². The third kappa shape index (κ3) is 1.65. The lowest BCUT2D eigenvalue weighted by molar-refractivity contribution is 0.943. The molecular weight excluding hydrogens is 264 g/mol. The average Bonchev–Trinajstić information content (AvgIpc) is 3.11. The van der Waals surface area contributed by atoms with Gasteiger partial charge in [0.25, 0.3) is 0 Å². The van der Waals surface area contributed by atoms with Crippen LogP contribution in [0.5, 0.6) is 0 Å². The fourth-order valence-corrected chi connectivity index (χ4v) is 2.67. The van der Waals surface area contributed by atoms with Crippen molar-refractivity contribution in [2.75, 3.05) is 0 Å². The predicted octanol–water partition coefficient (Wildman–Crippen LogP) is 2.54. The molecule has 6 nitrogen and oxygen atoms in total. The van der Waals surface area contributed by atoms with Crippen molar-refractivity contribution < 1.29 is 0 Å². The summed E-state index contributed by atoms with van der Waals surface area (Å²) in [7, 11) is 0. The first-order valence-corrected chi connectivity index (χ1v) is 7.02. The van der Waals surface area contributed by atoms with Gasteiger partial charge in [0, 0.05) is 41.0 Å². The molecule has 0 aliphatic heterocycles. The Labute approximate surface area is 119 Å². The van der Waals surface area contributed by atoms with Gasteiger partial charge in [-0.3, -0.25) is 0 Å². The molecule has 0 spiro atoms. The molecule has 21 heavy (non-hydrogen) atoms. The minimum Gasteiger partial charge on any atom is -0.345 e. The fraction of sp³-hybridized carbons (Fsp3) is 0.200. The minimum atomic E-state index is 0.563. The maximum atomic E-state index is 4.63. The molecule has 1 aliphatic carbocycles. The highest BCUT2D eigenvalue weighted by Crippen LogP contribution is 2.38. The molecule has 1 aliphatic rings. The van der Waals surface area contributed by atoms with Crippen molar-refractivity contribution in [2.45, 2.75) is 18.8 Å².